The molecule has 1 aliphatic rings. The Balaban J connectivity index is 2.18. The predicted octanol–water partition coefficient (Wildman–Crippen LogP) is 3.42. The van der Waals surface area contributed by atoms with Gasteiger partial charge in [0.1, 0.15) is 5.75 Å². The van der Waals surface area contributed by atoms with E-state index in [-0.39, 0.29) is 0 Å². The lowest BCUT2D eigenvalue weighted by atomic mass is 10.2. The van der Waals surface area contributed by atoms with Gasteiger partial charge in [0.15, 0.2) is 0 Å². The molecule has 1 aliphatic heterocycles. The Morgan fingerprint density at radius 1 is 1.38 bits per heavy atom. The summed E-state index contributed by atoms with van der Waals surface area (Å²) in [7, 11) is 1.66. The second kappa shape index (κ2) is 5.38. The van der Waals surface area contributed by atoms with E-state index >= 15 is 0 Å². The van der Waals surface area contributed by atoms with Crippen molar-refractivity contribution < 1.29 is 9.47 Å². The van der Waals surface area contributed by atoms with E-state index in [0.29, 0.717) is 6.04 Å². The van der Waals surface area contributed by atoms with Gasteiger partial charge >= 0.3 is 0 Å². The Morgan fingerprint density at radius 2 is 2.19 bits per heavy atom. The van der Waals surface area contributed by atoms with Crippen molar-refractivity contribution >= 4 is 37.5 Å². The number of benzene rings is 1. The lowest BCUT2D eigenvalue weighted by Gasteiger charge is -2.15. The molecule has 0 spiro atoms. The first-order valence-corrected chi connectivity index (χ1v) is 6.66. The Labute approximate surface area is 112 Å². The van der Waals surface area contributed by atoms with Crippen LogP contribution in [0.4, 0.5) is 5.69 Å². The monoisotopic (exact) mass is 349 g/mol. The Bertz CT molecular complexity index is 378. The number of ether oxygens (including phenoxy) is 2. The summed E-state index contributed by atoms with van der Waals surface area (Å²) >= 11 is 6.98. The van der Waals surface area contributed by atoms with Crippen LogP contribution < -0.4 is 10.1 Å². The van der Waals surface area contributed by atoms with Crippen LogP contribution in [-0.2, 0) is 4.74 Å². The highest BCUT2D eigenvalue weighted by Gasteiger charge is 2.17. The van der Waals surface area contributed by atoms with Crippen molar-refractivity contribution in [2.45, 2.75) is 12.5 Å². The third kappa shape index (κ3) is 2.70. The Morgan fingerprint density at radius 3 is 2.81 bits per heavy atom. The van der Waals surface area contributed by atoms with Gasteiger partial charge in [0, 0.05) is 17.1 Å². The number of methoxy groups -OCH3 is 1. The minimum Gasteiger partial charge on any atom is -0.495 e. The lowest BCUT2D eigenvalue weighted by Crippen LogP contribution is -2.19. The number of halogens is 2. The average Bonchev–Trinajstić information content (AvgIpc) is 2.75. The maximum absolute atomic E-state index is 5.33. The van der Waals surface area contributed by atoms with Crippen LogP contribution in [-0.4, -0.2) is 26.4 Å². The fourth-order valence-corrected chi connectivity index (χ4v) is 2.93. The van der Waals surface area contributed by atoms with Crippen LogP contribution in [0.3, 0.4) is 0 Å². The van der Waals surface area contributed by atoms with Gasteiger partial charge in [-0.05, 0) is 44.3 Å². The van der Waals surface area contributed by atoms with Crippen LogP contribution in [0.1, 0.15) is 6.42 Å². The molecule has 2 rings (SSSR count). The quantitative estimate of drug-likeness (QED) is 0.906. The van der Waals surface area contributed by atoms with Crippen LogP contribution in [0.2, 0.25) is 0 Å². The van der Waals surface area contributed by atoms with E-state index in [0.717, 1.165) is 40.0 Å². The highest BCUT2D eigenvalue weighted by atomic mass is 79.9. The topological polar surface area (TPSA) is 30.5 Å². The van der Waals surface area contributed by atoms with Crippen molar-refractivity contribution in [3.63, 3.8) is 0 Å². The van der Waals surface area contributed by atoms with Gasteiger partial charge in [0.25, 0.3) is 0 Å². The Kier molecular flexibility index (Phi) is 4.10. The molecule has 1 aromatic rings. The third-order valence-electron chi connectivity index (χ3n) is 2.53. The van der Waals surface area contributed by atoms with Crippen molar-refractivity contribution in [2.24, 2.45) is 0 Å². The summed E-state index contributed by atoms with van der Waals surface area (Å²) in [5, 5.41) is 3.44. The molecule has 0 aromatic heterocycles. The molecule has 5 heteroatoms. The fourth-order valence-electron chi connectivity index (χ4n) is 1.66. The fraction of sp³-hybridized carbons (Fsp3) is 0.455. The predicted molar refractivity (Wildman–Crippen MR) is 71.2 cm³/mol. The summed E-state index contributed by atoms with van der Waals surface area (Å²) in [5.74, 6) is 0.824. The van der Waals surface area contributed by atoms with Crippen molar-refractivity contribution in [3.05, 3.63) is 21.1 Å². The molecule has 0 saturated carbocycles. The Hall–Kier alpha value is -0.260. The van der Waals surface area contributed by atoms with Crippen LogP contribution in [0.25, 0.3) is 0 Å². The first-order chi connectivity index (χ1) is 7.70. The number of hydrogen-bond donors (Lipinski definition) is 1. The summed E-state index contributed by atoms with van der Waals surface area (Å²) in [4.78, 5) is 0. The summed E-state index contributed by atoms with van der Waals surface area (Å²) in [6.45, 7) is 1.60. The highest BCUT2D eigenvalue weighted by molar-refractivity contribution is 9.11. The molecular weight excluding hydrogens is 338 g/mol. The van der Waals surface area contributed by atoms with Crippen LogP contribution in [0.15, 0.2) is 21.1 Å². The molecule has 1 atom stereocenters. The smallest absolute Gasteiger partial charge is 0.135 e. The van der Waals surface area contributed by atoms with E-state index in [9.17, 15) is 0 Å². The SMILES string of the molecule is COc1cc(NC2CCOC2)c(Br)cc1Br. The van der Waals surface area contributed by atoms with E-state index in [2.05, 4.69) is 37.2 Å². The van der Waals surface area contributed by atoms with E-state index < -0.39 is 0 Å². The second-order valence-electron chi connectivity index (χ2n) is 3.67. The van der Waals surface area contributed by atoms with Crippen LogP contribution >= 0.6 is 31.9 Å². The molecular formula is C11H13Br2NO2. The van der Waals surface area contributed by atoms with E-state index in [1.165, 1.54) is 0 Å². The van der Waals surface area contributed by atoms with Crippen molar-refractivity contribution in [1.29, 1.82) is 0 Å². The van der Waals surface area contributed by atoms with Gasteiger partial charge in [0.05, 0.1) is 29.9 Å². The van der Waals surface area contributed by atoms with Gasteiger partial charge in [-0.25, -0.2) is 0 Å². The van der Waals surface area contributed by atoms with Crippen LogP contribution in [0, 0.1) is 0 Å². The van der Waals surface area contributed by atoms with Crippen molar-refractivity contribution in [2.75, 3.05) is 25.6 Å². The average molecular weight is 351 g/mol. The maximum Gasteiger partial charge on any atom is 0.135 e. The normalized spacial score (nSPS) is 19.8. The van der Waals surface area contributed by atoms with E-state index in [1.807, 2.05) is 12.1 Å². The van der Waals surface area contributed by atoms with Crippen LogP contribution in [0.5, 0.6) is 5.75 Å². The number of nitrogens with one attached hydrogen (secondary N) is 1. The molecule has 1 N–H and O–H groups in total. The zero-order valence-corrected chi connectivity index (χ0v) is 12.1. The van der Waals surface area contributed by atoms with Gasteiger partial charge in [-0.3, -0.25) is 0 Å². The number of rotatable bonds is 3. The largest absolute Gasteiger partial charge is 0.495 e. The molecule has 0 radical (unpaired) electrons. The highest BCUT2D eigenvalue weighted by Crippen LogP contribution is 2.35. The van der Waals surface area contributed by atoms with Gasteiger partial charge in [-0.15, -0.1) is 0 Å². The molecule has 0 aliphatic carbocycles. The molecule has 1 saturated heterocycles. The van der Waals surface area contributed by atoms with E-state index in [4.69, 9.17) is 9.47 Å². The van der Waals surface area contributed by atoms with Crippen molar-refractivity contribution in [3.8, 4) is 5.75 Å². The molecule has 16 heavy (non-hydrogen) atoms. The summed E-state index contributed by atoms with van der Waals surface area (Å²) in [6, 6.07) is 4.35. The van der Waals surface area contributed by atoms with Crippen molar-refractivity contribution in [1.82, 2.24) is 0 Å². The molecule has 3 nitrogen and oxygen atoms in total. The van der Waals surface area contributed by atoms with Gasteiger partial charge < -0.3 is 14.8 Å². The molecule has 0 bridgehead atoms. The number of hydrogen-bond acceptors (Lipinski definition) is 3. The van der Waals surface area contributed by atoms with Gasteiger partial charge in [-0.1, -0.05) is 0 Å². The molecule has 1 unspecified atom stereocenters. The first kappa shape index (κ1) is 12.2. The van der Waals surface area contributed by atoms with Gasteiger partial charge in [-0.2, -0.15) is 0 Å². The molecule has 1 aromatic carbocycles. The second-order valence-corrected chi connectivity index (χ2v) is 5.38. The summed E-state index contributed by atoms with van der Waals surface area (Å²) < 4.78 is 12.6. The molecule has 1 fully saturated rings. The minimum atomic E-state index is 0.391. The van der Waals surface area contributed by atoms with Gasteiger partial charge in [0.2, 0.25) is 0 Å². The maximum atomic E-state index is 5.33. The minimum absolute atomic E-state index is 0.391. The third-order valence-corrected chi connectivity index (χ3v) is 3.81. The summed E-state index contributed by atoms with van der Waals surface area (Å²) in [6.07, 6.45) is 1.05. The number of anilines is 1. The standard InChI is InChI=1S/C11H13Br2NO2/c1-15-11-5-10(8(12)4-9(11)13)14-7-2-3-16-6-7/h4-5,7,14H,2-3,6H2,1H3. The molecule has 1 heterocycles. The first-order valence-electron chi connectivity index (χ1n) is 5.08. The molecule has 88 valence electrons. The lowest BCUT2D eigenvalue weighted by molar-refractivity contribution is 0.195. The zero-order chi connectivity index (χ0) is 11.5. The summed E-state index contributed by atoms with van der Waals surface area (Å²) in [5.41, 5.74) is 1.04. The zero-order valence-electron chi connectivity index (χ0n) is 8.93. The van der Waals surface area contributed by atoms with E-state index in [1.54, 1.807) is 7.11 Å². The molecule has 0 amide bonds.